The zero-order valence-corrected chi connectivity index (χ0v) is 12.7. The van der Waals surface area contributed by atoms with Gasteiger partial charge >= 0.3 is 6.03 Å². The quantitative estimate of drug-likeness (QED) is 0.861. The molecule has 112 valence electrons. The summed E-state index contributed by atoms with van der Waals surface area (Å²) in [4.78, 5) is 42.1. The Labute approximate surface area is 126 Å². The smallest absolute Gasteiger partial charge is 0.277 e. The molecule has 1 saturated heterocycles. The summed E-state index contributed by atoms with van der Waals surface area (Å²) < 4.78 is 0. The fourth-order valence-electron chi connectivity index (χ4n) is 3.08. The number of nitrogens with zero attached hydrogens (tertiary/aromatic N) is 2. The summed E-state index contributed by atoms with van der Waals surface area (Å²) >= 11 is 1.52. The molecule has 2 aliphatic rings. The standard InChI is InChI=1S/C14H17N3O3S/c1-9-8-21-10(15-9)4-7-17-12(19)14(5-2-3-6-14)11(18)16-13(17)20/h8H,2-7H2,1H3,(H,16,18,20). The maximum atomic E-state index is 12.6. The van der Waals surface area contributed by atoms with E-state index < -0.39 is 17.4 Å². The molecule has 1 aliphatic carbocycles. The average molecular weight is 307 g/mol. The maximum Gasteiger partial charge on any atom is 0.330 e. The number of carbonyl (C=O) groups excluding carboxylic acids is 3. The van der Waals surface area contributed by atoms with E-state index in [1.54, 1.807) is 0 Å². The van der Waals surface area contributed by atoms with Crippen LogP contribution in [0.25, 0.3) is 0 Å². The predicted octanol–water partition coefficient (Wildman–Crippen LogP) is 1.63. The van der Waals surface area contributed by atoms with Crippen molar-refractivity contribution in [1.29, 1.82) is 0 Å². The summed E-state index contributed by atoms with van der Waals surface area (Å²) in [6.45, 7) is 2.18. The Hall–Kier alpha value is -1.76. The third-order valence-electron chi connectivity index (χ3n) is 4.23. The van der Waals surface area contributed by atoms with Gasteiger partial charge in [0.1, 0.15) is 5.41 Å². The number of aromatic nitrogens is 1. The SMILES string of the molecule is Cc1csc(CCN2C(=O)NC(=O)C3(CCCC3)C2=O)n1. The van der Waals surface area contributed by atoms with Gasteiger partial charge in [-0.1, -0.05) is 12.8 Å². The monoisotopic (exact) mass is 307 g/mol. The van der Waals surface area contributed by atoms with Crippen LogP contribution < -0.4 is 5.32 Å². The van der Waals surface area contributed by atoms with E-state index >= 15 is 0 Å². The topological polar surface area (TPSA) is 79.4 Å². The normalized spacial score (nSPS) is 21.2. The van der Waals surface area contributed by atoms with Crippen LogP contribution in [0.2, 0.25) is 0 Å². The molecule has 1 aromatic heterocycles. The number of aryl methyl sites for hydroxylation is 1. The van der Waals surface area contributed by atoms with Crippen molar-refractivity contribution in [2.45, 2.75) is 39.0 Å². The van der Waals surface area contributed by atoms with Crippen molar-refractivity contribution in [2.24, 2.45) is 5.41 Å². The molecular weight excluding hydrogens is 290 g/mol. The zero-order valence-electron chi connectivity index (χ0n) is 11.8. The van der Waals surface area contributed by atoms with Gasteiger partial charge < -0.3 is 0 Å². The van der Waals surface area contributed by atoms with E-state index in [1.807, 2.05) is 12.3 Å². The number of rotatable bonds is 3. The van der Waals surface area contributed by atoms with Crippen molar-refractivity contribution >= 4 is 29.2 Å². The van der Waals surface area contributed by atoms with Gasteiger partial charge in [0.05, 0.1) is 5.01 Å². The highest BCUT2D eigenvalue weighted by Crippen LogP contribution is 2.41. The molecule has 7 heteroatoms. The molecule has 4 amide bonds. The number of hydrogen-bond donors (Lipinski definition) is 1. The molecular formula is C14H17N3O3S. The first kappa shape index (κ1) is 14.2. The minimum absolute atomic E-state index is 0.270. The Bertz CT molecular complexity index is 604. The van der Waals surface area contributed by atoms with Crippen molar-refractivity contribution in [3.8, 4) is 0 Å². The van der Waals surface area contributed by atoms with Crippen LogP contribution in [0.3, 0.4) is 0 Å². The third kappa shape index (κ3) is 2.35. The summed E-state index contributed by atoms with van der Waals surface area (Å²) in [7, 11) is 0. The van der Waals surface area contributed by atoms with Crippen molar-refractivity contribution in [2.75, 3.05) is 6.54 Å². The molecule has 1 N–H and O–H groups in total. The molecule has 2 heterocycles. The summed E-state index contributed by atoms with van der Waals surface area (Å²) in [5, 5.41) is 5.18. The van der Waals surface area contributed by atoms with E-state index in [2.05, 4.69) is 10.3 Å². The largest absolute Gasteiger partial charge is 0.330 e. The Balaban J connectivity index is 1.75. The number of amides is 4. The first-order valence-electron chi connectivity index (χ1n) is 7.11. The first-order chi connectivity index (χ1) is 10.0. The predicted molar refractivity (Wildman–Crippen MR) is 76.7 cm³/mol. The molecule has 1 spiro atoms. The maximum absolute atomic E-state index is 12.6. The van der Waals surface area contributed by atoms with Crippen LogP contribution in [0.5, 0.6) is 0 Å². The molecule has 3 rings (SSSR count). The molecule has 0 radical (unpaired) electrons. The lowest BCUT2D eigenvalue weighted by Crippen LogP contribution is -2.63. The van der Waals surface area contributed by atoms with Crippen LogP contribution in [-0.4, -0.2) is 34.3 Å². The van der Waals surface area contributed by atoms with E-state index in [0.717, 1.165) is 23.5 Å². The number of thiazole rings is 1. The molecule has 0 unspecified atom stereocenters. The van der Waals surface area contributed by atoms with Gasteiger partial charge in [-0.2, -0.15) is 0 Å². The number of hydrogen-bond acceptors (Lipinski definition) is 5. The molecule has 1 saturated carbocycles. The Kier molecular flexibility index (Phi) is 3.52. The van der Waals surface area contributed by atoms with Gasteiger partial charge in [-0.25, -0.2) is 9.78 Å². The van der Waals surface area contributed by atoms with Gasteiger partial charge in [-0.05, 0) is 19.8 Å². The third-order valence-corrected chi connectivity index (χ3v) is 5.25. The summed E-state index contributed by atoms with van der Waals surface area (Å²) in [6, 6.07) is -0.601. The second-order valence-electron chi connectivity index (χ2n) is 5.64. The Morgan fingerprint density at radius 3 is 2.67 bits per heavy atom. The van der Waals surface area contributed by atoms with Gasteiger partial charge in [0.15, 0.2) is 0 Å². The van der Waals surface area contributed by atoms with Crippen molar-refractivity contribution < 1.29 is 14.4 Å². The van der Waals surface area contributed by atoms with Crippen molar-refractivity contribution in [3.63, 3.8) is 0 Å². The lowest BCUT2D eigenvalue weighted by atomic mass is 9.82. The average Bonchev–Trinajstić information content (AvgIpc) is 3.07. The minimum Gasteiger partial charge on any atom is -0.277 e. The van der Waals surface area contributed by atoms with E-state index in [0.29, 0.717) is 19.3 Å². The molecule has 0 atom stereocenters. The number of urea groups is 1. The molecule has 6 nitrogen and oxygen atoms in total. The van der Waals surface area contributed by atoms with Crippen LogP contribution in [0.15, 0.2) is 5.38 Å². The van der Waals surface area contributed by atoms with Gasteiger partial charge in [0.2, 0.25) is 11.8 Å². The number of carbonyl (C=O) groups is 3. The first-order valence-corrected chi connectivity index (χ1v) is 7.99. The zero-order chi connectivity index (χ0) is 15.0. The van der Waals surface area contributed by atoms with Gasteiger partial charge in [-0.3, -0.25) is 19.8 Å². The fraction of sp³-hybridized carbons (Fsp3) is 0.571. The van der Waals surface area contributed by atoms with Crippen molar-refractivity contribution in [3.05, 3.63) is 16.1 Å². The van der Waals surface area contributed by atoms with E-state index in [1.165, 1.54) is 16.2 Å². The molecule has 0 bridgehead atoms. The van der Waals surface area contributed by atoms with Gasteiger partial charge in [0, 0.05) is 24.0 Å². The number of imide groups is 2. The second kappa shape index (κ2) is 5.22. The molecule has 0 aromatic carbocycles. The van der Waals surface area contributed by atoms with Crippen LogP contribution >= 0.6 is 11.3 Å². The lowest BCUT2D eigenvalue weighted by Gasteiger charge is -2.36. The molecule has 1 aliphatic heterocycles. The van der Waals surface area contributed by atoms with Gasteiger partial charge in [0.25, 0.3) is 0 Å². The summed E-state index contributed by atoms with van der Waals surface area (Å²) in [5.74, 6) is -0.752. The highest BCUT2D eigenvalue weighted by atomic mass is 32.1. The Morgan fingerprint density at radius 1 is 1.33 bits per heavy atom. The van der Waals surface area contributed by atoms with Crippen LogP contribution in [0.4, 0.5) is 4.79 Å². The lowest BCUT2D eigenvalue weighted by molar-refractivity contribution is -0.151. The summed E-state index contributed by atoms with van der Waals surface area (Å²) in [6.07, 6.45) is 3.32. The number of barbiturate groups is 1. The number of nitrogens with one attached hydrogen (secondary N) is 1. The highest BCUT2D eigenvalue weighted by molar-refractivity contribution is 7.09. The van der Waals surface area contributed by atoms with Gasteiger partial charge in [-0.15, -0.1) is 11.3 Å². The second-order valence-corrected chi connectivity index (χ2v) is 6.58. The molecule has 2 fully saturated rings. The fourth-order valence-corrected chi connectivity index (χ4v) is 3.84. The van der Waals surface area contributed by atoms with Crippen LogP contribution in [-0.2, 0) is 16.0 Å². The molecule has 1 aromatic rings. The van der Waals surface area contributed by atoms with Crippen molar-refractivity contribution in [1.82, 2.24) is 15.2 Å². The van der Waals surface area contributed by atoms with E-state index in [-0.39, 0.29) is 12.5 Å². The van der Waals surface area contributed by atoms with E-state index in [4.69, 9.17) is 0 Å². The molecule has 21 heavy (non-hydrogen) atoms. The highest BCUT2D eigenvalue weighted by Gasteiger charge is 2.54. The van der Waals surface area contributed by atoms with Crippen LogP contribution in [0, 0.1) is 12.3 Å². The summed E-state index contributed by atoms with van der Waals surface area (Å²) in [5.41, 5.74) is -0.0703. The Morgan fingerprint density at radius 2 is 2.05 bits per heavy atom. The van der Waals surface area contributed by atoms with E-state index in [9.17, 15) is 14.4 Å². The van der Waals surface area contributed by atoms with Crippen LogP contribution in [0.1, 0.15) is 36.4 Å². The minimum atomic E-state index is -1.01.